The minimum absolute atomic E-state index is 0.139. The Morgan fingerprint density at radius 3 is 2.53 bits per heavy atom. The molecule has 0 aliphatic heterocycles. The van der Waals surface area contributed by atoms with Crippen molar-refractivity contribution >= 4 is 48.0 Å². The van der Waals surface area contributed by atoms with Crippen molar-refractivity contribution in [3.05, 3.63) is 83.9 Å². The van der Waals surface area contributed by atoms with Crippen LogP contribution in [0.15, 0.2) is 83.2 Å². The van der Waals surface area contributed by atoms with Crippen LogP contribution in [0.25, 0.3) is 20.8 Å². The summed E-state index contributed by atoms with van der Waals surface area (Å²) in [7, 11) is -3.87. The Hall–Kier alpha value is -3.01. The summed E-state index contributed by atoms with van der Waals surface area (Å²) in [5.41, 5.74) is 2.24. The SMILES string of the molecule is O=S(=O)(Nc1nc2ccccc2s1)c1cn(Cc2ccccc2)nc1-c1cccs1. The Labute approximate surface area is 181 Å². The highest BCUT2D eigenvalue weighted by Gasteiger charge is 2.25. The molecule has 3 heterocycles. The van der Waals surface area contributed by atoms with E-state index in [1.54, 1.807) is 10.9 Å². The normalized spacial score (nSPS) is 11.7. The van der Waals surface area contributed by atoms with E-state index >= 15 is 0 Å². The molecule has 150 valence electrons. The number of nitrogens with zero attached hydrogens (tertiary/aromatic N) is 3. The lowest BCUT2D eigenvalue weighted by Gasteiger charge is -2.04. The molecular formula is C21H16N4O2S3. The zero-order valence-corrected chi connectivity index (χ0v) is 18.0. The van der Waals surface area contributed by atoms with Crippen LogP contribution in [0.3, 0.4) is 0 Å². The summed E-state index contributed by atoms with van der Waals surface area (Å²) >= 11 is 2.76. The van der Waals surface area contributed by atoms with E-state index in [0.717, 1.165) is 20.7 Å². The standard InChI is InChI=1S/C21H16N4O2S3/c26-30(27,24-21-22-16-9-4-5-10-17(16)29-21)19-14-25(13-15-7-2-1-3-8-15)23-20(19)18-11-6-12-28-18/h1-12,14H,13H2,(H,22,24). The Morgan fingerprint density at radius 2 is 1.77 bits per heavy atom. The smallest absolute Gasteiger partial charge is 0.266 e. The van der Waals surface area contributed by atoms with Crippen molar-refractivity contribution in [3.63, 3.8) is 0 Å². The first-order valence-electron chi connectivity index (χ1n) is 9.12. The van der Waals surface area contributed by atoms with Gasteiger partial charge in [0.05, 0.1) is 21.6 Å². The van der Waals surface area contributed by atoms with E-state index in [4.69, 9.17) is 0 Å². The number of fused-ring (bicyclic) bond motifs is 1. The molecule has 0 aliphatic rings. The molecule has 5 aromatic rings. The number of thiophene rings is 1. The molecule has 0 saturated carbocycles. The van der Waals surface area contributed by atoms with Crippen LogP contribution >= 0.6 is 22.7 Å². The molecule has 30 heavy (non-hydrogen) atoms. The lowest BCUT2D eigenvalue weighted by Crippen LogP contribution is -2.13. The quantitative estimate of drug-likeness (QED) is 0.390. The van der Waals surface area contributed by atoms with Gasteiger partial charge in [0, 0.05) is 6.20 Å². The number of rotatable bonds is 6. The van der Waals surface area contributed by atoms with E-state index in [0.29, 0.717) is 17.4 Å². The lowest BCUT2D eigenvalue weighted by molar-refractivity contribution is 0.601. The third-order valence-electron chi connectivity index (χ3n) is 4.48. The summed E-state index contributed by atoms with van der Waals surface area (Å²) < 4.78 is 31.8. The first-order chi connectivity index (χ1) is 14.6. The molecule has 0 amide bonds. The molecule has 0 fully saturated rings. The number of aromatic nitrogens is 3. The summed E-state index contributed by atoms with van der Waals surface area (Å²) in [4.78, 5) is 5.33. The minimum Gasteiger partial charge on any atom is -0.266 e. The Bertz CT molecular complexity index is 1370. The first kappa shape index (κ1) is 19.0. The summed E-state index contributed by atoms with van der Waals surface area (Å²) in [6.45, 7) is 0.482. The van der Waals surface area contributed by atoms with E-state index in [-0.39, 0.29) is 4.90 Å². The van der Waals surface area contributed by atoms with E-state index in [1.165, 1.54) is 22.7 Å². The van der Waals surface area contributed by atoms with Crippen LogP contribution in [0, 0.1) is 0 Å². The minimum atomic E-state index is -3.87. The second kappa shape index (κ2) is 7.67. The van der Waals surface area contributed by atoms with Crippen molar-refractivity contribution in [2.24, 2.45) is 0 Å². The predicted octanol–water partition coefficient (Wildman–Crippen LogP) is 5.07. The molecule has 0 aliphatic carbocycles. The molecular weight excluding hydrogens is 436 g/mol. The van der Waals surface area contributed by atoms with Crippen LogP contribution in [-0.4, -0.2) is 23.2 Å². The summed E-state index contributed by atoms with van der Waals surface area (Å²) in [6.07, 6.45) is 1.58. The Morgan fingerprint density at radius 1 is 0.967 bits per heavy atom. The molecule has 0 unspecified atom stereocenters. The number of hydrogen-bond acceptors (Lipinski definition) is 6. The third kappa shape index (κ3) is 3.74. The first-order valence-corrected chi connectivity index (χ1v) is 12.3. The summed E-state index contributed by atoms with van der Waals surface area (Å²) in [6, 6.07) is 21.1. The molecule has 5 rings (SSSR count). The molecule has 0 bridgehead atoms. The number of para-hydroxylation sites is 1. The fraction of sp³-hybridized carbons (Fsp3) is 0.0476. The van der Waals surface area contributed by atoms with Gasteiger partial charge in [0.25, 0.3) is 10.0 Å². The van der Waals surface area contributed by atoms with Gasteiger partial charge in [-0.05, 0) is 29.1 Å². The molecule has 0 spiro atoms. The van der Waals surface area contributed by atoms with E-state index in [2.05, 4.69) is 14.8 Å². The fourth-order valence-electron chi connectivity index (χ4n) is 3.12. The fourth-order valence-corrected chi connectivity index (χ4v) is 6.17. The largest absolute Gasteiger partial charge is 0.267 e. The maximum Gasteiger partial charge on any atom is 0.267 e. The van der Waals surface area contributed by atoms with Crippen LogP contribution in [0.5, 0.6) is 0 Å². The number of hydrogen-bond donors (Lipinski definition) is 1. The highest BCUT2D eigenvalue weighted by atomic mass is 32.2. The van der Waals surface area contributed by atoms with E-state index < -0.39 is 10.0 Å². The highest BCUT2D eigenvalue weighted by Crippen LogP contribution is 2.32. The van der Waals surface area contributed by atoms with Gasteiger partial charge in [-0.2, -0.15) is 5.10 Å². The van der Waals surface area contributed by atoms with Crippen LogP contribution < -0.4 is 4.72 Å². The predicted molar refractivity (Wildman–Crippen MR) is 122 cm³/mol. The Balaban J connectivity index is 1.54. The molecule has 9 heteroatoms. The highest BCUT2D eigenvalue weighted by molar-refractivity contribution is 7.93. The van der Waals surface area contributed by atoms with Gasteiger partial charge in [-0.25, -0.2) is 13.4 Å². The number of sulfonamides is 1. The monoisotopic (exact) mass is 452 g/mol. The van der Waals surface area contributed by atoms with Gasteiger partial charge >= 0.3 is 0 Å². The van der Waals surface area contributed by atoms with Crippen molar-refractivity contribution in [1.29, 1.82) is 0 Å². The zero-order valence-electron chi connectivity index (χ0n) is 15.6. The van der Waals surface area contributed by atoms with Crippen LogP contribution in [-0.2, 0) is 16.6 Å². The van der Waals surface area contributed by atoms with Crippen LogP contribution in [0.4, 0.5) is 5.13 Å². The molecule has 3 aromatic heterocycles. The van der Waals surface area contributed by atoms with Gasteiger partial charge in [0.2, 0.25) is 0 Å². The van der Waals surface area contributed by atoms with E-state index in [1.807, 2.05) is 72.1 Å². The van der Waals surface area contributed by atoms with Crippen molar-refractivity contribution in [2.45, 2.75) is 11.4 Å². The van der Waals surface area contributed by atoms with E-state index in [9.17, 15) is 8.42 Å². The topological polar surface area (TPSA) is 76.9 Å². The van der Waals surface area contributed by atoms with Gasteiger partial charge in [0.15, 0.2) is 5.13 Å². The number of nitrogens with one attached hydrogen (secondary N) is 1. The van der Waals surface area contributed by atoms with Gasteiger partial charge in [-0.15, -0.1) is 11.3 Å². The number of thiazole rings is 1. The van der Waals surface area contributed by atoms with Crippen molar-refractivity contribution < 1.29 is 8.42 Å². The van der Waals surface area contributed by atoms with Crippen molar-refractivity contribution in [3.8, 4) is 10.6 Å². The van der Waals surface area contributed by atoms with Gasteiger partial charge in [0.1, 0.15) is 10.6 Å². The molecule has 6 nitrogen and oxygen atoms in total. The average Bonchev–Trinajstić information content (AvgIpc) is 3.47. The van der Waals surface area contributed by atoms with Crippen LogP contribution in [0.2, 0.25) is 0 Å². The number of benzene rings is 2. The maximum atomic E-state index is 13.3. The zero-order chi connectivity index (χ0) is 20.6. The van der Waals surface area contributed by atoms with Crippen molar-refractivity contribution in [2.75, 3.05) is 4.72 Å². The molecule has 0 atom stereocenters. The second-order valence-corrected chi connectivity index (χ2v) is 10.2. The molecule has 1 N–H and O–H groups in total. The van der Waals surface area contributed by atoms with Crippen LogP contribution in [0.1, 0.15) is 5.56 Å². The average molecular weight is 453 g/mol. The lowest BCUT2D eigenvalue weighted by atomic mass is 10.2. The molecule has 0 saturated heterocycles. The molecule has 0 radical (unpaired) electrons. The second-order valence-electron chi connectivity index (χ2n) is 6.59. The summed E-state index contributed by atoms with van der Waals surface area (Å²) in [5, 5.41) is 6.83. The van der Waals surface area contributed by atoms with Gasteiger partial charge in [-0.3, -0.25) is 9.40 Å². The van der Waals surface area contributed by atoms with Gasteiger partial charge < -0.3 is 0 Å². The maximum absolute atomic E-state index is 13.3. The third-order valence-corrected chi connectivity index (χ3v) is 7.77. The summed E-state index contributed by atoms with van der Waals surface area (Å²) in [5.74, 6) is 0. The Kier molecular flexibility index (Phi) is 4.86. The molecule has 2 aromatic carbocycles. The number of anilines is 1. The van der Waals surface area contributed by atoms with Gasteiger partial charge in [-0.1, -0.05) is 59.9 Å². The van der Waals surface area contributed by atoms with Crippen molar-refractivity contribution in [1.82, 2.24) is 14.8 Å².